The zero-order valence-corrected chi connectivity index (χ0v) is 13.9. The molecule has 0 saturated heterocycles. The number of benzene rings is 1. The number of likely N-dealkylation sites (N-methyl/N-ethyl adjacent to an activating group) is 1. The first-order chi connectivity index (χ1) is 11.0. The lowest BCUT2D eigenvalue weighted by Gasteiger charge is -2.28. The number of nitrogens with zero attached hydrogens (tertiary/aromatic N) is 1. The Morgan fingerprint density at radius 2 is 1.83 bits per heavy atom. The normalized spacial score (nSPS) is 11.9. The van der Waals surface area contributed by atoms with Crippen LogP contribution in [0, 0.1) is 5.92 Å². The summed E-state index contributed by atoms with van der Waals surface area (Å²) in [6.45, 7) is 3.90. The summed E-state index contributed by atoms with van der Waals surface area (Å²) in [5.74, 6) is -0.612. The number of amides is 1. The molecule has 6 nitrogen and oxygen atoms in total. The number of aliphatic hydroxyl groups is 1. The van der Waals surface area contributed by atoms with Gasteiger partial charge in [-0.2, -0.15) is 0 Å². The van der Waals surface area contributed by atoms with Crippen LogP contribution in [0.2, 0.25) is 0 Å². The van der Waals surface area contributed by atoms with Gasteiger partial charge in [-0.05, 0) is 11.5 Å². The van der Waals surface area contributed by atoms with Gasteiger partial charge >= 0.3 is 12.1 Å². The fourth-order valence-electron chi connectivity index (χ4n) is 2.13. The third-order valence-corrected chi connectivity index (χ3v) is 3.33. The Bertz CT molecular complexity index is 489. The number of aliphatic hydroxyl groups excluding tert-OH is 1. The maximum Gasteiger partial charge on any atom is 0.410 e. The number of esters is 1. The lowest BCUT2D eigenvalue weighted by atomic mass is 10.0. The minimum absolute atomic E-state index is 0.0470. The average Bonchev–Trinajstić information content (AvgIpc) is 2.53. The van der Waals surface area contributed by atoms with Crippen molar-refractivity contribution in [1.82, 2.24) is 4.90 Å². The van der Waals surface area contributed by atoms with Gasteiger partial charge in [0, 0.05) is 20.1 Å². The van der Waals surface area contributed by atoms with Gasteiger partial charge < -0.3 is 14.6 Å². The lowest BCUT2D eigenvalue weighted by Crippen LogP contribution is -2.46. The molecule has 0 unspecified atom stereocenters. The topological polar surface area (TPSA) is 76.1 Å². The standard InChI is InChI=1S/C17H25NO5/c1-13(2)15(16(20)22-11-7-10-19)18(3)17(21)23-12-14-8-5-4-6-9-14/h4-6,8-9,13,15,19H,7,10-12H2,1-3H3/t15-/m1/s1. The molecular weight excluding hydrogens is 298 g/mol. The Morgan fingerprint density at radius 1 is 1.17 bits per heavy atom. The van der Waals surface area contributed by atoms with Crippen LogP contribution >= 0.6 is 0 Å². The first-order valence-corrected chi connectivity index (χ1v) is 7.68. The van der Waals surface area contributed by atoms with E-state index in [1.807, 2.05) is 44.2 Å². The van der Waals surface area contributed by atoms with E-state index in [2.05, 4.69) is 0 Å². The predicted octanol–water partition coefficient (Wildman–Crippen LogP) is 2.21. The number of hydrogen-bond acceptors (Lipinski definition) is 5. The summed E-state index contributed by atoms with van der Waals surface area (Å²) in [5.41, 5.74) is 0.876. The second kappa shape index (κ2) is 9.84. The van der Waals surface area contributed by atoms with Gasteiger partial charge in [0.05, 0.1) is 6.61 Å². The molecule has 1 rings (SSSR count). The molecular formula is C17H25NO5. The zero-order chi connectivity index (χ0) is 17.2. The van der Waals surface area contributed by atoms with Crippen molar-refractivity contribution in [1.29, 1.82) is 0 Å². The molecule has 1 atom stereocenters. The van der Waals surface area contributed by atoms with Crippen LogP contribution in [0.15, 0.2) is 30.3 Å². The van der Waals surface area contributed by atoms with E-state index < -0.39 is 18.1 Å². The second-order valence-electron chi connectivity index (χ2n) is 5.58. The van der Waals surface area contributed by atoms with Crippen molar-refractivity contribution in [3.8, 4) is 0 Å². The molecule has 0 aromatic heterocycles. The SMILES string of the molecule is CC(C)[C@H](C(=O)OCCCO)N(C)C(=O)OCc1ccccc1. The summed E-state index contributed by atoms with van der Waals surface area (Å²) < 4.78 is 10.3. The number of ether oxygens (including phenoxy) is 2. The van der Waals surface area contributed by atoms with Crippen molar-refractivity contribution in [3.63, 3.8) is 0 Å². The van der Waals surface area contributed by atoms with Crippen LogP contribution < -0.4 is 0 Å². The summed E-state index contributed by atoms with van der Waals surface area (Å²) in [7, 11) is 1.52. The highest BCUT2D eigenvalue weighted by Crippen LogP contribution is 2.13. The maximum atomic E-state index is 12.2. The van der Waals surface area contributed by atoms with Crippen LogP contribution in [0.1, 0.15) is 25.8 Å². The fraction of sp³-hybridized carbons (Fsp3) is 0.529. The summed E-state index contributed by atoms with van der Waals surface area (Å²) in [4.78, 5) is 25.5. The van der Waals surface area contributed by atoms with Crippen LogP contribution in [0.3, 0.4) is 0 Å². The highest BCUT2D eigenvalue weighted by Gasteiger charge is 2.32. The molecule has 23 heavy (non-hydrogen) atoms. The summed E-state index contributed by atoms with van der Waals surface area (Å²) in [6.07, 6.45) is -0.203. The number of hydrogen-bond donors (Lipinski definition) is 1. The van der Waals surface area contributed by atoms with Crippen molar-refractivity contribution >= 4 is 12.1 Å². The highest BCUT2D eigenvalue weighted by molar-refractivity contribution is 5.81. The van der Waals surface area contributed by atoms with Crippen LogP contribution in [0.5, 0.6) is 0 Å². The van der Waals surface area contributed by atoms with E-state index in [4.69, 9.17) is 14.6 Å². The molecule has 0 spiro atoms. The quantitative estimate of drug-likeness (QED) is 0.586. The monoisotopic (exact) mass is 323 g/mol. The zero-order valence-electron chi connectivity index (χ0n) is 13.9. The van der Waals surface area contributed by atoms with Crippen LogP contribution in [-0.4, -0.2) is 48.4 Å². The minimum atomic E-state index is -0.725. The molecule has 1 N–H and O–H groups in total. The van der Waals surface area contributed by atoms with Gasteiger partial charge in [-0.25, -0.2) is 9.59 Å². The van der Waals surface area contributed by atoms with E-state index in [1.165, 1.54) is 11.9 Å². The van der Waals surface area contributed by atoms with Gasteiger partial charge in [-0.15, -0.1) is 0 Å². The number of carbonyl (C=O) groups is 2. The van der Waals surface area contributed by atoms with Gasteiger partial charge in [0.2, 0.25) is 0 Å². The smallest absolute Gasteiger partial charge is 0.410 e. The molecule has 128 valence electrons. The van der Waals surface area contributed by atoms with Gasteiger partial charge in [-0.3, -0.25) is 4.90 Å². The molecule has 0 bridgehead atoms. The molecule has 1 aromatic rings. The lowest BCUT2D eigenvalue weighted by molar-refractivity contribution is -0.151. The van der Waals surface area contributed by atoms with Gasteiger partial charge in [-0.1, -0.05) is 44.2 Å². The van der Waals surface area contributed by atoms with Crippen molar-refractivity contribution in [2.24, 2.45) is 5.92 Å². The number of carbonyl (C=O) groups excluding carboxylic acids is 2. The van der Waals surface area contributed by atoms with E-state index in [0.717, 1.165) is 5.56 Å². The van der Waals surface area contributed by atoms with Crippen LogP contribution in [0.25, 0.3) is 0 Å². The Hall–Kier alpha value is -2.08. The van der Waals surface area contributed by atoms with E-state index >= 15 is 0 Å². The molecule has 1 aromatic carbocycles. The summed E-state index contributed by atoms with van der Waals surface area (Å²) >= 11 is 0. The molecule has 0 heterocycles. The van der Waals surface area contributed by atoms with Crippen molar-refractivity contribution in [2.45, 2.75) is 32.9 Å². The summed E-state index contributed by atoms with van der Waals surface area (Å²) in [6, 6.07) is 8.60. The molecule has 0 saturated carbocycles. The van der Waals surface area contributed by atoms with Gasteiger partial charge in [0.25, 0.3) is 0 Å². The van der Waals surface area contributed by atoms with Crippen LogP contribution in [0.4, 0.5) is 4.79 Å². The molecule has 6 heteroatoms. The fourth-order valence-corrected chi connectivity index (χ4v) is 2.13. The largest absolute Gasteiger partial charge is 0.464 e. The Labute approximate surface area is 137 Å². The van der Waals surface area contributed by atoms with Crippen molar-refractivity contribution < 1.29 is 24.2 Å². The Balaban J connectivity index is 2.59. The highest BCUT2D eigenvalue weighted by atomic mass is 16.6. The molecule has 0 aliphatic rings. The first-order valence-electron chi connectivity index (χ1n) is 7.68. The third-order valence-electron chi connectivity index (χ3n) is 3.33. The van der Waals surface area contributed by atoms with Crippen LogP contribution in [-0.2, 0) is 20.9 Å². The predicted molar refractivity (Wildman–Crippen MR) is 85.7 cm³/mol. The molecule has 0 aliphatic heterocycles. The molecule has 0 radical (unpaired) electrons. The van der Waals surface area contributed by atoms with E-state index in [9.17, 15) is 9.59 Å². The van der Waals surface area contributed by atoms with Crippen molar-refractivity contribution in [2.75, 3.05) is 20.3 Å². The van der Waals surface area contributed by atoms with E-state index in [1.54, 1.807) is 0 Å². The molecule has 1 amide bonds. The van der Waals surface area contributed by atoms with Gasteiger partial charge in [0.15, 0.2) is 0 Å². The average molecular weight is 323 g/mol. The van der Waals surface area contributed by atoms with Gasteiger partial charge in [0.1, 0.15) is 12.6 Å². The summed E-state index contributed by atoms with van der Waals surface area (Å²) in [5, 5.41) is 8.73. The molecule has 0 aliphatic carbocycles. The second-order valence-corrected chi connectivity index (χ2v) is 5.58. The van der Waals surface area contributed by atoms with Crippen molar-refractivity contribution in [3.05, 3.63) is 35.9 Å². The third kappa shape index (κ3) is 6.28. The maximum absolute atomic E-state index is 12.2. The first kappa shape index (κ1) is 19.0. The number of rotatable bonds is 8. The molecule has 0 fully saturated rings. The minimum Gasteiger partial charge on any atom is -0.464 e. The Kier molecular flexibility index (Phi) is 8.11. The van der Waals surface area contributed by atoms with E-state index in [0.29, 0.717) is 6.42 Å². The van der Waals surface area contributed by atoms with E-state index in [-0.39, 0.29) is 25.7 Å². The Morgan fingerprint density at radius 3 is 2.39 bits per heavy atom.